The summed E-state index contributed by atoms with van der Waals surface area (Å²) in [5.41, 5.74) is 5.52. The van der Waals surface area contributed by atoms with Gasteiger partial charge < -0.3 is 10.3 Å². The Morgan fingerprint density at radius 2 is 2.38 bits per heavy atom. The summed E-state index contributed by atoms with van der Waals surface area (Å²) in [6, 6.07) is 0. The third kappa shape index (κ3) is 2.54. The van der Waals surface area contributed by atoms with Crippen molar-refractivity contribution in [2.75, 3.05) is 0 Å². The third-order valence-electron chi connectivity index (χ3n) is 1.98. The molecule has 2 heterocycles. The van der Waals surface area contributed by atoms with Crippen molar-refractivity contribution in [1.82, 2.24) is 19.7 Å². The van der Waals surface area contributed by atoms with Gasteiger partial charge in [0.15, 0.2) is 9.62 Å². The van der Waals surface area contributed by atoms with Crippen LogP contribution in [-0.4, -0.2) is 19.7 Å². The molecule has 0 aromatic carbocycles. The molecule has 0 unspecified atom stereocenters. The zero-order valence-corrected chi connectivity index (χ0v) is 10.9. The minimum absolute atomic E-state index is 0.399. The second-order valence-electron chi connectivity index (χ2n) is 3.03. The zero-order chi connectivity index (χ0) is 11.5. The van der Waals surface area contributed by atoms with E-state index in [0.717, 1.165) is 21.6 Å². The van der Waals surface area contributed by atoms with E-state index in [9.17, 15) is 0 Å². The van der Waals surface area contributed by atoms with Gasteiger partial charge in [-0.1, -0.05) is 23.4 Å². The van der Waals surface area contributed by atoms with E-state index in [0.29, 0.717) is 11.0 Å². The summed E-state index contributed by atoms with van der Waals surface area (Å²) in [7, 11) is 1.91. The summed E-state index contributed by atoms with van der Waals surface area (Å²) < 4.78 is 2.46. The first kappa shape index (κ1) is 11.8. The average Bonchev–Trinajstić information content (AvgIpc) is 2.83. The minimum Gasteiger partial charge on any atom is -0.324 e. The number of hydrogen-bond donors (Lipinski definition) is 1. The maximum Gasteiger partial charge on any atom is 0.191 e. The van der Waals surface area contributed by atoms with Crippen molar-refractivity contribution in [3.05, 3.63) is 21.4 Å². The van der Waals surface area contributed by atoms with Gasteiger partial charge >= 0.3 is 0 Å². The van der Waals surface area contributed by atoms with Crippen molar-refractivity contribution in [3.63, 3.8) is 0 Å². The second-order valence-corrected chi connectivity index (χ2v) is 5.67. The van der Waals surface area contributed by atoms with Crippen LogP contribution in [-0.2, 0) is 19.3 Å². The number of nitrogens with two attached hydrogens (primary N) is 1. The molecule has 2 aromatic heterocycles. The molecule has 0 aliphatic rings. The van der Waals surface area contributed by atoms with Crippen molar-refractivity contribution in [2.24, 2.45) is 12.8 Å². The van der Waals surface area contributed by atoms with Crippen molar-refractivity contribution in [3.8, 4) is 0 Å². The predicted octanol–water partition coefficient (Wildman–Crippen LogP) is 1.68. The molecular weight excluding hydrogens is 266 g/mol. The molecule has 0 saturated carbocycles. The fourth-order valence-electron chi connectivity index (χ4n) is 1.13. The van der Waals surface area contributed by atoms with E-state index < -0.39 is 0 Å². The van der Waals surface area contributed by atoms with Crippen molar-refractivity contribution in [1.29, 1.82) is 0 Å². The van der Waals surface area contributed by atoms with E-state index >= 15 is 0 Å². The fraction of sp³-hybridized carbons (Fsp3) is 0.375. The van der Waals surface area contributed by atoms with Gasteiger partial charge in [-0.3, -0.25) is 0 Å². The average molecular weight is 276 g/mol. The van der Waals surface area contributed by atoms with Crippen LogP contribution in [0.5, 0.6) is 0 Å². The molecule has 0 saturated heterocycles. The molecule has 0 radical (unpaired) electrons. The SMILES string of the molecule is Cn1c(CN)nnc1SCc1cnc(Cl)s1. The Hall–Kier alpha value is -0.630. The molecule has 0 fully saturated rings. The molecular formula is C8H10ClN5S2. The van der Waals surface area contributed by atoms with Gasteiger partial charge in [0.05, 0.1) is 6.54 Å². The van der Waals surface area contributed by atoms with Crippen LogP contribution in [0.3, 0.4) is 0 Å². The molecule has 0 spiro atoms. The molecule has 0 bridgehead atoms. The topological polar surface area (TPSA) is 69.6 Å². The van der Waals surface area contributed by atoms with Gasteiger partial charge in [0.1, 0.15) is 5.82 Å². The van der Waals surface area contributed by atoms with Gasteiger partial charge in [-0.05, 0) is 0 Å². The maximum atomic E-state index is 5.75. The van der Waals surface area contributed by atoms with Crippen LogP contribution < -0.4 is 5.73 Å². The quantitative estimate of drug-likeness (QED) is 0.860. The summed E-state index contributed by atoms with van der Waals surface area (Å²) in [6.07, 6.45) is 1.78. The molecule has 0 atom stereocenters. The molecule has 5 nitrogen and oxygen atoms in total. The number of hydrogen-bond acceptors (Lipinski definition) is 6. The lowest BCUT2D eigenvalue weighted by Crippen LogP contribution is -2.05. The molecule has 2 aromatic rings. The summed E-state index contributed by atoms with van der Waals surface area (Å²) in [5, 5.41) is 8.89. The molecule has 2 rings (SSSR count). The molecule has 0 amide bonds. The highest BCUT2D eigenvalue weighted by molar-refractivity contribution is 7.98. The number of nitrogens with zero attached hydrogens (tertiary/aromatic N) is 4. The van der Waals surface area contributed by atoms with E-state index in [-0.39, 0.29) is 0 Å². The van der Waals surface area contributed by atoms with Crippen molar-refractivity contribution in [2.45, 2.75) is 17.5 Å². The maximum absolute atomic E-state index is 5.75. The number of halogens is 1. The minimum atomic E-state index is 0.399. The first-order chi connectivity index (χ1) is 7.70. The van der Waals surface area contributed by atoms with Gasteiger partial charge in [-0.2, -0.15) is 0 Å². The summed E-state index contributed by atoms with van der Waals surface area (Å²) >= 11 is 8.82. The van der Waals surface area contributed by atoms with E-state index in [4.69, 9.17) is 17.3 Å². The highest BCUT2D eigenvalue weighted by Gasteiger charge is 2.08. The van der Waals surface area contributed by atoms with Crippen molar-refractivity contribution >= 4 is 34.7 Å². The van der Waals surface area contributed by atoms with Gasteiger partial charge in [-0.15, -0.1) is 21.5 Å². The smallest absolute Gasteiger partial charge is 0.191 e. The van der Waals surface area contributed by atoms with Crippen LogP contribution in [0.4, 0.5) is 0 Å². The zero-order valence-electron chi connectivity index (χ0n) is 8.55. The highest BCUT2D eigenvalue weighted by Crippen LogP contribution is 2.26. The van der Waals surface area contributed by atoms with E-state index in [1.165, 1.54) is 11.3 Å². The van der Waals surface area contributed by atoms with Crippen LogP contribution in [0, 0.1) is 0 Å². The molecule has 16 heavy (non-hydrogen) atoms. The first-order valence-electron chi connectivity index (χ1n) is 4.52. The van der Waals surface area contributed by atoms with E-state index in [1.807, 2.05) is 11.6 Å². The Morgan fingerprint density at radius 3 is 2.94 bits per heavy atom. The Kier molecular flexibility index (Phi) is 3.80. The van der Waals surface area contributed by atoms with E-state index in [1.54, 1.807) is 18.0 Å². The van der Waals surface area contributed by atoms with Gasteiger partial charge in [0, 0.05) is 23.9 Å². The first-order valence-corrected chi connectivity index (χ1v) is 6.70. The summed E-state index contributed by atoms with van der Waals surface area (Å²) in [4.78, 5) is 5.10. The van der Waals surface area contributed by atoms with Crippen LogP contribution in [0.1, 0.15) is 10.7 Å². The van der Waals surface area contributed by atoms with Crippen LogP contribution >= 0.6 is 34.7 Å². The molecule has 8 heteroatoms. The highest BCUT2D eigenvalue weighted by atomic mass is 35.5. The van der Waals surface area contributed by atoms with Crippen LogP contribution in [0.2, 0.25) is 4.47 Å². The van der Waals surface area contributed by atoms with Crippen molar-refractivity contribution < 1.29 is 0 Å². The normalized spacial score (nSPS) is 10.9. The van der Waals surface area contributed by atoms with Crippen LogP contribution in [0.15, 0.2) is 11.4 Å². The van der Waals surface area contributed by atoms with Gasteiger partial charge in [0.2, 0.25) is 0 Å². The molecule has 86 valence electrons. The summed E-state index contributed by atoms with van der Waals surface area (Å²) in [5.74, 6) is 1.57. The Labute approximate surface area is 106 Å². The lowest BCUT2D eigenvalue weighted by atomic mass is 10.6. The number of thiazole rings is 1. The Bertz CT molecular complexity index is 480. The third-order valence-corrected chi connectivity index (χ3v) is 4.34. The Morgan fingerprint density at radius 1 is 1.56 bits per heavy atom. The number of aromatic nitrogens is 4. The lowest BCUT2D eigenvalue weighted by molar-refractivity contribution is 0.734. The molecule has 0 aliphatic heterocycles. The molecule has 0 aliphatic carbocycles. The number of rotatable bonds is 4. The largest absolute Gasteiger partial charge is 0.324 e. The standard InChI is InChI=1S/C8H10ClN5S2/c1-14-6(2-10)12-13-8(14)15-4-5-3-11-7(9)16-5/h3H,2,4,10H2,1H3. The van der Waals surface area contributed by atoms with E-state index in [2.05, 4.69) is 15.2 Å². The summed E-state index contributed by atoms with van der Waals surface area (Å²) in [6.45, 7) is 0.399. The Balaban J connectivity index is 2.02. The molecule has 2 N–H and O–H groups in total. The number of thioether (sulfide) groups is 1. The van der Waals surface area contributed by atoms with Gasteiger partial charge in [0.25, 0.3) is 0 Å². The fourth-order valence-corrected chi connectivity index (χ4v) is 3.06. The van der Waals surface area contributed by atoms with Gasteiger partial charge in [-0.25, -0.2) is 4.98 Å². The predicted molar refractivity (Wildman–Crippen MR) is 65.6 cm³/mol. The second kappa shape index (κ2) is 5.13. The lowest BCUT2D eigenvalue weighted by Gasteiger charge is -2.00. The monoisotopic (exact) mass is 275 g/mol. The van der Waals surface area contributed by atoms with Crippen LogP contribution in [0.25, 0.3) is 0 Å².